The first-order chi connectivity index (χ1) is 11.7. The predicted molar refractivity (Wildman–Crippen MR) is 93.3 cm³/mol. The van der Waals surface area contributed by atoms with Crippen LogP contribution in [0.5, 0.6) is 5.75 Å². The van der Waals surface area contributed by atoms with Gasteiger partial charge in [-0.25, -0.2) is 0 Å². The van der Waals surface area contributed by atoms with Crippen molar-refractivity contribution >= 4 is 0 Å². The first kappa shape index (κ1) is 16.4. The van der Waals surface area contributed by atoms with Crippen LogP contribution in [0.4, 0.5) is 0 Å². The summed E-state index contributed by atoms with van der Waals surface area (Å²) >= 11 is 0. The Morgan fingerprint density at radius 2 is 2.12 bits per heavy atom. The van der Waals surface area contributed by atoms with Crippen molar-refractivity contribution in [2.75, 3.05) is 32.9 Å². The highest BCUT2D eigenvalue weighted by Gasteiger charge is 2.53. The molecule has 0 amide bonds. The maximum atomic E-state index is 10.0. The van der Waals surface area contributed by atoms with Gasteiger partial charge in [0.25, 0.3) is 0 Å². The van der Waals surface area contributed by atoms with E-state index >= 15 is 0 Å². The van der Waals surface area contributed by atoms with E-state index in [2.05, 4.69) is 17.0 Å². The zero-order chi connectivity index (χ0) is 16.6. The monoisotopic (exact) mass is 331 g/mol. The zero-order valence-corrected chi connectivity index (χ0v) is 14.4. The Morgan fingerprint density at radius 1 is 1.21 bits per heavy atom. The average Bonchev–Trinajstić information content (AvgIpc) is 2.61. The Kier molecular flexibility index (Phi) is 4.54. The van der Waals surface area contributed by atoms with Crippen LogP contribution >= 0.6 is 0 Å². The molecule has 1 aromatic rings. The van der Waals surface area contributed by atoms with E-state index < -0.39 is 0 Å². The molecule has 3 atom stereocenters. The normalized spacial score (nSPS) is 32.2. The van der Waals surface area contributed by atoms with E-state index in [0.29, 0.717) is 30.9 Å². The fraction of sp³-hybridized carbons (Fsp3) is 0.700. The number of phenols is 1. The molecule has 0 radical (unpaired) electrons. The Morgan fingerprint density at radius 3 is 3.00 bits per heavy atom. The second-order valence-electron chi connectivity index (χ2n) is 7.74. The van der Waals surface area contributed by atoms with Gasteiger partial charge in [-0.1, -0.05) is 18.9 Å². The molecule has 0 aromatic heterocycles. The van der Waals surface area contributed by atoms with Gasteiger partial charge < -0.3 is 14.9 Å². The summed E-state index contributed by atoms with van der Waals surface area (Å²) in [5.41, 5.74) is 3.18. The summed E-state index contributed by atoms with van der Waals surface area (Å²) in [7, 11) is 0. The van der Waals surface area contributed by atoms with Gasteiger partial charge in [0.1, 0.15) is 5.75 Å². The molecule has 1 aromatic carbocycles. The highest BCUT2D eigenvalue weighted by atomic mass is 16.5. The van der Waals surface area contributed by atoms with Crippen molar-refractivity contribution < 1.29 is 14.9 Å². The molecule has 2 fully saturated rings. The highest BCUT2D eigenvalue weighted by Crippen LogP contribution is 2.56. The van der Waals surface area contributed by atoms with Crippen molar-refractivity contribution in [3.05, 3.63) is 29.3 Å². The lowest BCUT2D eigenvalue weighted by atomic mass is 9.52. The molecular formula is C20H29NO3. The Labute approximate surface area is 144 Å². The molecule has 2 N–H and O–H groups in total. The molecule has 1 saturated carbocycles. The standard InChI is InChI=1S/C20H29NO3/c22-10-12-24-11-9-21-8-7-20-6-2-1-3-17(20)19(21)13-15-4-5-16(23)14-18(15)20/h4-5,14,17,19,22-23H,1-3,6-13H2/t17-,19-,20+/m0/s1. The molecule has 1 heterocycles. The Bertz CT molecular complexity index is 590. The number of piperidine rings is 1. The molecule has 24 heavy (non-hydrogen) atoms. The third kappa shape index (κ3) is 2.65. The van der Waals surface area contributed by atoms with Gasteiger partial charge >= 0.3 is 0 Å². The number of phenolic OH excluding ortho intramolecular Hbond substituents is 1. The molecule has 1 aliphatic heterocycles. The van der Waals surface area contributed by atoms with Crippen LogP contribution in [-0.2, 0) is 16.6 Å². The van der Waals surface area contributed by atoms with E-state index in [0.717, 1.165) is 19.5 Å². The minimum atomic E-state index is 0.103. The molecule has 3 aliphatic rings. The van der Waals surface area contributed by atoms with Crippen LogP contribution in [0.25, 0.3) is 0 Å². The van der Waals surface area contributed by atoms with Crippen LogP contribution in [0.15, 0.2) is 18.2 Å². The SMILES string of the molecule is OCCOCCN1CC[C@]23CCCC[C@H]2[C@@H]1Cc1ccc(O)cc13. The molecule has 1 saturated heterocycles. The number of benzene rings is 1. The number of ether oxygens (including phenoxy) is 1. The predicted octanol–water partition coefficient (Wildman–Crippen LogP) is 2.46. The van der Waals surface area contributed by atoms with Crippen LogP contribution < -0.4 is 0 Å². The molecule has 4 rings (SSSR count). The van der Waals surface area contributed by atoms with E-state index in [-0.39, 0.29) is 12.0 Å². The van der Waals surface area contributed by atoms with Crippen LogP contribution in [0.3, 0.4) is 0 Å². The van der Waals surface area contributed by atoms with Crippen molar-refractivity contribution in [2.45, 2.75) is 50.0 Å². The number of aliphatic hydroxyl groups is 1. The summed E-state index contributed by atoms with van der Waals surface area (Å²) in [5, 5.41) is 18.9. The average molecular weight is 331 g/mol. The minimum Gasteiger partial charge on any atom is -0.508 e. The van der Waals surface area contributed by atoms with Crippen molar-refractivity contribution in [3.63, 3.8) is 0 Å². The highest BCUT2D eigenvalue weighted by molar-refractivity contribution is 5.45. The number of hydrogen-bond acceptors (Lipinski definition) is 4. The maximum absolute atomic E-state index is 10.0. The molecular weight excluding hydrogens is 302 g/mol. The topological polar surface area (TPSA) is 52.9 Å². The van der Waals surface area contributed by atoms with Gasteiger partial charge in [0.15, 0.2) is 0 Å². The molecule has 2 bridgehead atoms. The van der Waals surface area contributed by atoms with Crippen LogP contribution in [0.2, 0.25) is 0 Å². The smallest absolute Gasteiger partial charge is 0.115 e. The fourth-order valence-corrected chi connectivity index (χ4v) is 5.70. The first-order valence-electron chi connectivity index (χ1n) is 9.50. The zero-order valence-electron chi connectivity index (χ0n) is 14.4. The van der Waals surface area contributed by atoms with Crippen molar-refractivity contribution in [1.82, 2.24) is 4.90 Å². The van der Waals surface area contributed by atoms with E-state index in [4.69, 9.17) is 9.84 Å². The third-order valence-electron chi connectivity index (χ3n) is 6.69. The largest absolute Gasteiger partial charge is 0.508 e. The summed E-state index contributed by atoms with van der Waals surface area (Å²) in [6.45, 7) is 3.34. The number of fused-ring (bicyclic) bond motifs is 1. The third-order valence-corrected chi connectivity index (χ3v) is 6.69. The van der Waals surface area contributed by atoms with Crippen LogP contribution in [0.1, 0.15) is 43.2 Å². The Balaban J connectivity index is 1.61. The number of aliphatic hydroxyl groups excluding tert-OH is 1. The van der Waals surface area contributed by atoms with Gasteiger partial charge in [0.05, 0.1) is 19.8 Å². The lowest BCUT2D eigenvalue weighted by molar-refractivity contribution is -0.0263. The molecule has 4 nitrogen and oxygen atoms in total. The molecule has 0 spiro atoms. The van der Waals surface area contributed by atoms with Gasteiger partial charge in [-0.05, 0) is 61.4 Å². The second-order valence-corrected chi connectivity index (χ2v) is 7.74. The summed E-state index contributed by atoms with van der Waals surface area (Å²) in [4.78, 5) is 2.63. The first-order valence-corrected chi connectivity index (χ1v) is 9.50. The van der Waals surface area contributed by atoms with Crippen LogP contribution in [-0.4, -0.2) is 54.1 Å². The molecule has 4 heteroatoms. The van der Waals surface area contributed by atoms with Gasteiger partial charge in [-0.2, -0.15) is 0 Å². The summed E-state index contributed by atoms with van der Waals surface area (Å²) < 4.78 is 5.52. The number of nitrogens with zero attached hydrogens (tertiary/aromatic N) is 1. The fourth-order valence-electron chi connectivity index (χ4n) is 5.70. The van der Waals surface area contributed by atoms with E-state index in [9.17, 15) is 5.11 Å². The van der Waals surface area contributed by atoms with E-state index in [1.165, 1.54) is 43.2 Å². The maximum Gasteiger partial charge on any atom is 0.115 e. The molecule has 2 aliphatic carbocycles. The lowest BCUT2D eigenvalue weighted by Crippen LogP contribution is -2.61. The van der Waals surface area contributed by atoms with Gasteiger partial charge in [0, 0.05) is 18.0 Å². The van der Waals surface area contributed by atoms with Crippen molar-refractivity contribution in [2.24, 2.45) is 5.92 Å². The molecule has 132 valence electrons. The van der Waals surface area contributed by atoms with E-state index in [1.54, 1.807) is 0 Å². The Hall–Kier alpha value is -1.10. The second kappa shape index (κ2) is 6.66. The van der Waals surface area contributed by atoms with Crippen molar-refractivity contribution in [1.29, 1.82) is 0 Å². The van der Waals surface area contributed by atoms with Gasteiger partial charge in [-0.3, -0.25) is 4.90 Å². The number of likely N-dealkylation sites (tertiary alicyclic amines) is 1. The van der Waals surface area contributed by atoms with Gasteiger partial charge in [0.2, 0.25) is 0 Å². The van der Waals surface area contributed by atoms with E-state index in [1.807, 2.05) is 6.07 Å². The molecule has 0 unspecified atom stereocenters. The quantitative estimate of drug-likeness (QED) is 0.814. The number of hydrogen-bond donors (Lipinski definition) is 2. The van der Waals surface area contributed by atoms with Crippen LogP contribution in [0, 0.1) is 5.92 Å². The summed E-state index contributed by atoms with van der Waals surface area (Å²) in [5.74, 6) is 1.14. The summed E-state index contributed by atoms with van der Waals surface area (Å²) in [6, 6.07) is 6.66. The summed E-state index contributed by atoms with van der Waals surface area (Å²) in [6.07, 6.45) is 7.55. The number of rotatable bonds is 5. The minimum absolute atomic E-state index is 0.103. The van der Waals surface area contributed by atoms with Crippen molar-refractivity contribution in [3.8, 4) is 5.75 Å². The number of aromatic hydroxyl groups is 1. The van der Waals surface area contributed by atoms with Gasteiger partial charge in [-0.15, -0.1) is 0 Å². The lowest BCUT2D eigenvalue weighted by Gasteiger charge is -2.59.